The van der Waals surface area contributed by atoms with E-state index in [4.69, 9.17) is 4.74 Å². The van der Waals surface area contributed by atoms with E-state index < -0.39 is 12.7 Å². The molecular weight excluding hydrogens is 231 g/mol. The first-order valence-electron chi connectivity index (χ1n) is 6.40. The summed E-state index contributed by atoms with van der Waals surface area (Å²) in [5.41, 5.74) is 0. The summed E-state index contributed by atoms with van der Waals surface area (Å²) in [4.78, 5) is 0. The number of ether oxygens (including phenoxy) is 1. The third-order valence-corrected chi connectivity index (χ3v) is 3.27. The van der Waals surface area contributed by atoms with Crippen molar-refractivity contribution in [3.8, 4) is 0 Å². The minimum absolute atomic E-state index is 0.251. The fourth-order valence-electron chi connectivity index (χ4n) is 2.29. The molecule has 0 amide bonds. The standard InChI is InChI=1S/C12H22F3NO/c1-2-10-4-3-5-11(8-10)17-7-6-16-9-12(13,14)15/h10-11,16H,2-9H2,1H3. The van der Waals surface area contributed by atoms with E-state index in [1.54, 1.807) is 0 Å². The fourth-order valence-corrected chi connectivity index (χ4v) is 2.29. The van der Waals surface area contributed by atoms with E-state index in [1.807, 2.05) is 0 Å². The molecule has 1 N–H and O–H groups in total. The molecule has 1 fully saturated rings. The molecule has 17 heavy (non-hydrogen) atoms. The molecule has 1 rings (SSSR count). The number of hydrogen-bond acceptors (Lipinski definition) is 2. The van der Waals surface area contributed by atoms with Crippen LogP contribution in [0.2, 0.25) is 0 Å². The summed E-state index contributed by atoms with van der Waals surface area (Å²) in [5, 5.41) is 2.34. The molecule has 0 heterocycles. The van der Waals surface area contributed by atoms with Crippen LogP contribution >= 0.6 is 0 Å². The average Bonchev–Trinajstić information content (AvgIpc) is 2.27. The number of alkyl halides is 3. The van der Waals surface area contributed by atoms with E-state index in [-0.39, 0.29) is 12.6 Å². The highest BCUT2D eigenvalue weighted by atomic mass is 19.4. The van der Waals surface area contributed by atoms with E-state index >= 15 is 0 Å². The molecule has 1 saturated carbocycles. The van der Waals surface area contributed by atoms with Crippen LogP contribution in [-0.4, -0.2) is 32.0 Å². The van der Waals surface area contributed by atoms with Crippen molar-refractivity contribution >= 4 is 0 Å². The van der Waals surface area contributed by atoms with Gasteiger partial charge in [0.25, 0.3) is 0 Å². The molecule has 1 aliphatic rings. The van der Waals surface area contributed by atoms with E-state index in [2.05, 4.69) is 12.2 Å². The number of rotatable bonds is 6. The zero-order valence-electron chi connectivity index (χ0n) is 10.4. The lowest BCUT2D eigenvalue weighted by Gasteiger charge is -2.28. The van der Waals surface area contributed by atoms with E-state index in [9.17, 15) is 13.2 Å². The fraction of sp³-hybridized carbons (Fsp3) is 1.00. The quantitative estimate of drug-likeness (QED) is 0.734. The van der Waals surface area contributed by atoms with Gasteiger partial charge in [-0.2, -0.15) is 13.2 Å². The highest BCUT2D eigenvalue weighted by Gasteiger charge is 2.26. The van der Waals surface area contributed by atoms with E-state index in [0.717, 1.165) is 18.8 Å². The van der Waals surface area contributed by atoms with Crippen molar-refractivity contribution in [1.82, 2.24) is 5.32 Å². The Morgan fingerprint density at radius 3 is 2.71 bits per heavy atom. The lowest BCUT2D eigenvalue weighted by atomic mass is 9.85. The van der Waals surface area contributed by atoms with Crippen LogP contribution in [-0.2, 0) is 4.74 Å². The average molecular weight is 253 g/mol. The topological polar surface area (TPSA) is 21.3 Å². The van der Waals surface area contributed by atoms with Gasteiger partial charge < -0.3 is 10.1 Å². The third-order valence-electron chi connectivity index (χ3n) is 3.27. The molecule has 0 spiro atoms. The molecule has 1 aliphatic carbocycles. The minimum atomic E-state index is -4.13. The summed E-state index contributed by atoms with van der Waals surface area (Å²) in [6.07, 6.45) is 1.86. The Morgan fingerprint density at radius 2 is 2.06 bits per heavy atom. The Morgan fingerprint density at radius 1 is 1.29 bits per heavy atom. The summed E-state index contributed by atoms with van der Waals surface area (Å²) in [5.74, 6) is 0.733. The van der Waals surface area contributed by atoms with Gasteiger partial charge in [-0.1, -0.05) is 26.2 Å². The molecule has 2 unspecified atom stereocenters. The van der Waals surface area contributed by atoms with Gasteiger partial charge in [0.1, 0.15) is 0 Å². The van der Waals surface area contributed by atoms with Crippen LogP contribution in [0.25, 0.3) is 0 Å². The van der Waals surface area contributed by atoms with Crippen LogP contribution in [0.1, 0.15) is 39.0 Å². The Labute approximate surface area is 101 Å². The van der Waals surface area contributed by atoms with Crippen LogP contribution in [0.3, 0.4) is 0 Å². The van der Waals surface area contributed by atoms with Gasteiger partial charge in [0, 0.05) is 6.54 Å². The van der Waals surface area contributed by atoms with Gasteiger partial charge in [-0.3, -0.25) is 0 Å². The highest BCUT2D eigenvalue weighted by Crippen LogP contribution is 2.28. The maximum atomic E-state index is 11.8. The largest absolute Gasteiger partial charge is 0.401 e. The van der Waals surface area contributed by atoms with Crippen LogP contribution in [0, 0.1) is 5.92 Å². The molecule has 0 aromatic heterocycles. The Kier molecular flexibility index (Phi) is 6.27. The second kappa shape index (κ2) is 7.21. The minimum Gasteiger partial charge on any atom is -0.377 e. The molecule has 102 valence electrons. The van der Waals surface area contributed by atoms with Crippen molar-refractivity contribution in [2.75, 3.05) is 19.7 Å². The molecule has 0 saturated heterocycles. The van der Waals surface area contributed by atoms with Gasteiger partial charge >= 0.3 is 6.18 Å². The number of hydrogen-bond donors (Lipinski definition) is 1. The van der Waals surface area contributed by atoms with Crippen LogP contribution in [0.4, 0.5) is 13.2 Å². The molecule has 2 atom stereocenters. The van der Waals surface area contributed by atoms with Crippen molar-refractivity contribution in [1.29, 1.82) is 0 Å². The van der Waals surface area contributed by atoms with E-state index in [1.165, 1.54) is 19.3 Å². The molecule has 0 aromatic carbocycles. The smallest absolute Gasteiger partial charge is 0.377 e. The molecule has 0 radical (unpaired) electrons. The van der Waals surface area contributed by atoms with Crippen molar-refractivity contribution in [3.05, 3.63) is 0 Å². The van der Waals surface area contributed by atoms with Gasteiger partial charge in [0.15, 0.2) is 0 Å². The predicted octanol–water partition coefficient (Wildman–Crippen LogP) is 3.12. The van der Waals surface area contributed by atoms with Crippen LogP contribution < -0.4 is 5.32 Å². The van der Waals surface area contributed by atoms with Gasteiger partial charge in [0.05, 0.1) is 19.3 Å². The summed E-state index contributed by atoms with van der Waals surface area (Å²) in [6, 6.07) is 0. The lowest BCUT2D eigenvalue weighted by Crippen LogP contribution is -2.32. The number of nitrogens with one attached hydrogen (secondary N) is 1. The number of halogens is 3. The Balaban J connectivity index is 2.02. The van der Waals surface area contributed by atoms with Crippen molar-refractivity contribution in [2.24, 2.45) is 5.92 Å². The summed E-state index contributed by atoms with van der Waals surface area (Å²) < 4.78 is 41.1. The Hall–Kier alpha value is -0.290. The predicted molar refractivity (Wildman–Crippen MR) is 60.9 cm³/mol. The van der Waals surface area contributed by atoms with Gasteiger partial charge in [-0.05, 0) is 18.8 Å². The lowest BCUT2D eigenvalue weighted by molar-refractivity contribution is -0.125. The summed E-state index contributed by atoms with van der Waals surface area (Å²) in [6.45, 7) is 1.89. The summed E-state index contributed by atoms with van der Waals surface area (Å²) >= 11 is 0. The first kappa shape index (κ1) is 14.8. The summed E-state index contributed by atoms with van der Waals surface area (Å²) in [7, 11) is 0. The van der Waals surface area contributed by atoms with Crippen molar-refractivity contribution in [2.45, 2.75) is 51.3 Å². The monoisotopic (exact) mass is 253 g/mol. The molecule has 2 nitrogen and oxygen atoms in total. The van der Waals surface area contributed by atoms with Gasteiger partial charge in [0.2, 0.25) is 0 Å². The zero-order chi connectivity index (χ0) is 12.7. The Bertz CT molecular complexity index is 208. The maximum Gasteiger partial charge on any atom is 0.401 e. The zero-order valence-corrected chi connectivity index (χ0v) is 10.4. The normalized spacial score (nSPS) is 26.1. The first-order valence-corrected chi connectivity index (χ1v) is 6.40. The second-order valence-electron chi connectivity index (χ2n) is 4.73. The van der Waals surface area contributed by atoms with Gasteiger partial charge in [-0.25, -0.2) is 0 Å². The first-order chi connectivity index (χ1) is 8.01. The van der Waals surface area contributed by atoms with Crippen LogP contribution in [0.15, 0.2) is 0 Å². The van der Waals surface area contributed by atoms with Crippen molar-refractivity contribution < 1.29 is 17.9 Å². The second-order valence-corrected chi connectivity index (χ2v) is 4.73. The SMILES string of the molecule is CCC1CCCC(OCCNCC(F)(F)F)C1. The molecule has 0 aliphatic heterocycles. The highest BCUT2D eigenvalue weighted by molar-refractivity contribution is 4.72. The molecule has 0 bridgehead atoms. The van der Waals surface area contributed by atoms with Gasteiger partial charge in [-0.15, -0.1) is 0 Å². The molecular formula is C12H22F3NO. The van der Waals surface area contributed by atoms with E-state index in [0.29, 0.717) is 6.61 Å². The molecule has 5 heteroatoms. The third kappa shape index (κ3) is 6.88. The van der Waals surface area contributed by atoms with Crippen molar-refractivity contribution in [3.63, 3.8) is 0 Å². The van der Waals surface area contributed by atoms with Crippen LogP contribution in [0.5, 0.6) is 0 Å². The molecule has 0 aromatic rings. The maximum absolute atomic E-state index is 11.8.